The van der Waals surface area contributed by atoms with Crippen LogP contribution in [0.3, 0.4) is 0 Å². The van der Waals surface area contributed by atoms with E-state index < -0.39 is 11.4 Å². The maximum atomic E-state index is 13.3. The van der Waals surface area contributed by atoms with Crippen LogP contribution in [0.2, 0.25) is 5.02 Å². The molecule has 0 bridgehead atoms. The van der Waals surface area contributed by atoms with E-state index in [0.717, 1.165) is 16.7 Å². The van der Waals surface area contributed by atoms with Crippen LogP contribution in [0.1, 0.15) is 43.5 Å². The highest BCUT2D eigenvalue weighted by molar-refractivity contribution is 6.31. The molecule has 0 saturated carbocycles. The van der Waals surface area contributed by atoms with Crippen molar-refractivity contribution in [1.82, 2.24) is 10.6 Å². The molecule has 1 unspecified atom stereocenters. The Balaban J connectivity index is 2.05. The SMILES string of the molecule is COc1cc(C)c(C(C)NC(=O)CNC(C)(C)c2ccc(F)cc2Cl)cc1OC. The van der Waals surface area contributed by atoms with Gasteiger partial charge in [-0.1, -0.05) is 17.7 Å². The van der Waals surface area contributed by atoms with E-state index in [0.29, 0.717) is 16.5 Å². The number of hydrogen-bond acceptors (Lipinski definition) is 4. The predicted molar refractivity (Wildman–Crippen MR) is 113 cm³/mol. The molecule has 29 heavy (non-hydrogen) atoms. The first-order valence-electron chi connectivity index (χ1n) is 9.31. The zero-order chi connectivity index (χ0) is 21.8. The summed E-state index contributed by atoms with van der Waals surface area (Å²) in [6.07, 6.45) is 0. The summed E-state index contributed by atoms with van der Waals surface area (Å²) in [6.45, 7) is 7.73. The van der Waals surface area contributed by atoms with E-state index in [2.05, 4.69) is 10.6 Å². The second kappa shape index (κ2) is 9.46. The third kappa shape index (κ3) is 5.61. The van der Waals surface area contributed by atoms with Crippen LogP contribution < -0.4 is 20.1 Å². The largest absolute Gasteiger partial charge is 0.493 e. The topological polar surface area (TPSA) is 59.6 Å². The third-order valence-corrected chi connectivity index (χ3v) is 5.22. The smallest absolute Gasteiger partial charge is 0.234 e. The van der Waals surface area contributed by atoms with Crippen molar-refractivity contribution in [1.29, 1.82) is 0 Å². The van der Waals surface area contributed by atoms with Gasteiger partial charge in [-0.2, -0.15) is 0 Å². The zero-order valence-corrected chi connectivity index (χ0v) is 18.4. The molecule has 0 fully saturated rings. The second-order valence-electron chi connectivity index (χ2n) is 7.46. The standard InChI is InChI=1S/C22H28ClFN2O3/c1-13-9-19(28-5)20(29-6)11-16(13)14(2)26-21(27)12-25-22(3,4)17-8-7-15(24)10-18(17)23/h7-11,14,25H,12H2,1-6H3,(H,26,27). The Morgan fingerprint density at radius 1 is 1.17 bits per heavy atom. The van der Waals surface area contributed by atoms with E-state index in [9.17, 15) is 9.18 Å². The van der Waals surface area contributed by atoms with Crippen molar-refractivity contribution in [2.45, 2.75) is 39.3 Å². The molecular formula is C22H28ClFN2O3. The highest BCUT2D eigenvalue weighted by Crippen LogP contribution is 2.33. The molecule has 158 valence electrons. The van der Waals surface area contributed by atoms with Crippen LogP contribution in [0.15, 0.2) is 30.3 Å². The lowest BCUT2D eigenvalue weighted by molar-refractivity contribution is -0.121. The second-order valence-corrected chi connectivity index (χ2v) is 7.86. The Labute approximate surface area is 176 Å². The average molecular weight is 423 g/mol. The first kappa shape index (κ1) is 23.0. The number of carbonyl (C=O) groups excluding carboxylic acids is 1. The molecule has 2 aromatic rings. The van der Waals surface area contributed by atoms with Gasteiger partial charge < -0.3 is 14.8 Å². The zero-order valence-electron chi connectivity index (χ0n) is 17.7. The summed E-state index contributed by atoms with van der Waals surface area (Å²) in [6, 6.07) is 7.78. The molecule has 0 saturated heterocycles. The number of aryl methyl sites for hydroxylation is 1. The van der Waals surface area contributed by atoms with Gasteiger partial charge in [-0.15, -0.1) is 0 Å². The number of halogens is 2. The van der Waals surface area contributed by atoms with E-state index >= 15 is 0 Å². The molecule has 5 nitrogen and oxygen atoms in total. The van der Waals surface area contributed by atoms with Crippen molar-refractivity contribution in [3.8, 4) is 11.5 Å². The normalized spacial score (nSPS) is 12.4. The number of nitrogens with one attached hydrogen (secondary N) is 2. The van der Waals surface area contributed by atoms with Gasteiger partial charge in [0.05, 0.1) is 26.8 Å². The number of carbonyl (C=O) groups is 1. The average Bonchev–Trinajstić information content (AvgIpc) is 2.65. The molecule has 0 aliphatic rings. The number of amides is 1. The Morgan fingerprint density at radius 3 is 2.38 bits per heavy atom. The van der Waals surface area contributed by atoms with Crippen molar-refractivity contribution < 1.29 is 18.7 Å². The molecule has 2 aromatic carbocycles. The maximum absolute atomic E-state index is 13.3. The summed E-state index contributed by atoms with van der Waals surface area (Å²) in [7, 11) is 3.16. The maximum Gasteiger partial charge on any atom is 0.234 e. The van der Waals surface area contributed by atoms with Gasteiger partial charge in [0.2, 0.25) is 5.91 Å². The summed E-state index contributed by atoms with van der Waals surface area (Å²) in [4.78, 5) is 12.5. The highest BCUT2D eigenvalue weighted by Gasteiger charge is 2.24. The van der Waals surface area contributed by atoms with E-state index in [4.69, 9.17) is 21.1 Å². The van der Waals surface area contributed by atoms with Gasteiger partial charge in [0.1, 0.15) is 5.82 Å². The molecule has 0 aromatic heterocycles. The summed E-state index contributed by atoms with van der Waals surface area (Å²) < 4.78 is 24.0. The van der Waals surface area contributed by atoms with Crippen molar-refractivity contribution >= 4 is 17.5 Å². The van der Waals surface area contributed by atoms with Gasteiger partial charge in [-0.05, 0) is 68.7 Å². The molecule has 2 rings (SSSR count). The van der Waals surface area contributed by atoms with Crippen molar-refractivity contribution in [2.75, 3.05) is 20.8 Å². The Hall–Kier alpha value is -2.31. The quantitative estimate of drug-likeness (QED) is 0.657. The lowest BCUT2D eigenvalue weighted by Crippen LogP contribution is -2.44. The fourth-order valence-corrected chi connectivity index (χ4v) is 3.63. The van der Waals surface area contributed by atoms with Crippen LogP contribution >= 0.6 is 11.6 Å². The van der Waals surface area contributed by atoms with Crippen molar-refractivity contribution in [3.63, 3.8) is 0 Å². The lowest BCUT2D eigenvalue weighted by Gasteiger charge is -2.28. The van der Waals surface area contributed by atoms with E-state index in [1.54, 1.807) is 20.3 Å². The summed E-state index contributed by atoms with van der Waals surface area (Å²) in [5.74, 6) is 0.690. The van der Waals surface area contributed by atoms with E-state index in [-0.39, 0.29) is 18.5 Å². The Morgan fingerprint density at radius 2 is 1.79 bits per heavy atom. The number of methoxy groups -OCH3 is 2. The highest BCUT2D eigenvalue weighted by atomic mass is 35.5. The van der Waals surface area contributed by atoms with Crippen LogP contribution in [-0.4, -0.2) is 26.7 Å². The van der Waals surface area contributed by atoms with Gasteiger partial charge in [-0.3, -0.25) is 10.1 Å². The molecule has 0 heterocycles. The molecule has 2 N–H and O–H groups in total. The molecule has 7 heteroatoms. The van der Waals surface area contributed by atoms with Crippen LogP contribution in [0.25, 0.3) is 0 Å². The first-order valence-corrected chi connectivity index (χ1v) is 9.69. The van der Waals surface area contributed by atoms with Crippen molar-refractivity contribution in [3.05, 3.63) is 57.9 Å². The fraction of sp³-hybridized carbons (Fsp3) is 0.409. The molecule has 1 amide bonds. The lowest BCUT2D eigenvalue weighted by atomic mass is 9.94. The minimum absolute atomic E-state index is 0.0807. The molecule has 0 radical (unpaired) electrons. The molecule has 1 atom stereocenters. The Kier molecular flexibility index (Phi) is 7.49. The summed E-state index contributed by atoms with van der Waals surface area (Å²) >= 11 is 6.16. The third-order valence-electron chi connectivity index (χ3n) is 4.91. The minimum Gasteiger partial charge on any atom is -0.493 e. The van der Waals surface area contributed by atoms with E-state index in [1.165, 1.54) is 12.1 Å². The van der Waals surface area contributed by atoms with E-state index in [1.807, 2.05) is 39.8 Å². The summed E-state index contributed by atoms with van der Waals surface area (Å²) in [5, 5.41) is 6.48. The summed E-state index contributed by atoms with van der Waals surface area (Å²) in [5.41, 5.74) is 2.04. The van der Waals surface area contributed by atoms with Crippen LogP contribution in [-0.2, 0) is 10.3 Å². The molecule has 0 spiro atoms. The van der Waals surface area contributed by atoms with Crippen LogP contribution in [0.5, 0.6) is 11.5 Å². The predicted octanol–water partition coefficient (Wildman–Crippen LogP) is 4.51. The van der Waals surface area contributed by atoms with Gasteiger partial charge in [0.15, 0.2) is 11.5 Å². The number of hydrogen-bond donors (Lipinski definition) is 2. The van der Waals surface area contributed by atoms with Crippen LogP contribution in [0, 0.1) is 12.7 Å². The monoisotopic (exact) mass is 422 g/mol. The number of benzene rings is 2. The molecule has 0 aliphatic carbocycles. The van der Waals surface area contributed by atoms with Gasteiger partial charge in [0.25, 0.3) is 0 Å². The van der Waals surface area contributed by atoms with Gasteiger partial charge >= 0.3 is 0 Å². The van der Waals surface area contributed by atoms with Crippen molar-refractivity contribution in [2.24, 2.45) is 0 Å². The number of ether oxygens (including phenoxy) is 2. The van der Waals surface area contributed by atoms with Gasteiger partial charge in [-0.25, -0.2) is 4.39 Å². The fourth-order valence-electron chi connectivity index (χ4n) is 3.23. The van der Waals surface area contributed by atoms with Crippen LogP contribution in [0.4, 0.5) is 4.39 Å². The molecule has 0 aliphatic heterocycles. The first-order chi connectivity index (χ1) is 13.6. The van der Waals surface area contributed by atoms with Gasteiger partial charge in [0, 0.05) is 10.6 Å². The molecular weight excluding hydrogens is 395 g/mol. The minimum atomic E-state index is -0.607. The number of rotatable bonds is 8. The Bertz CT molecular complexity index is 887.